The summed E-state index contributed by atoms with van der Waals surface area (Å²) in [6.07, 6.45) is 2.33. The maximum atomic E-state index is 14.4. The number of hydrogen-bond donors (Lipinski definition) is 2. The van der Waals surface area contributed by atoms with Gasteiger partial charge in [0.15, 0.2) is 0 Å². The van der Waals surface area contributed by atoms with Gasteiger partial charge in [0, 0.05) is 24.3 Å². The molecule has 2 saturated heterocycles. The number of likely N-dealkylation sites (tertiary alicyclic amines) is 1. The van der Waals surface area contributed by atoms with Crippen molar-refractivity contribution in [2.75, 3.05) is 24.4 Å². The highest BCUT2D eigenvalue weighted by atomic mass is 32.2. The summed E-state index contributed by atoms with van der Waals surface area (Å²) in [5.74, 6) is -2.39. The van der Waals surface area contributed by atoms with Crippen LogP contribution in [0.15, 0.2) is 53.4 Å². The van der Waals surface area contributed by atoms with Crippen molar-refractivity contribution >= 4 is 32.8 Å². The minimum Gasteiger partial charge on any atom is -0.478 e. The van der Waals surface area contributed by atoms with E-state index in [1.165, 1.54) is 18.2 Å². The lowest BCUT2D eigenvalue weighted by Crippen LogP contribution is -2.35. The summed E-state index contributed by atoms with van der Waals surface area (Å²) >= 11 is 0. The number of benzene rings is 2. The van der Waals surface area contributed by atoms with E-state index in [2.05, 4.69) is 19.6 Å². The Morgan fingerprint density at radius 2 is 1.86 bits per heavy atom. The molecule has 11 nitrogen and oxygen atoms in total. The summed E-state index contributed by atoms with van der Waals surface area (Å²) in [6.45, 7) is 3.01. The number of aromatic carboxylic acids is 1. The van der Waals surface area contributed by atoms with Crippen LogP contribution in [0.2, 0.25) is 0 Å². The Kier molecular flexibility index (Phi) is 8.02. The second-order valence-electron chi connectivity index (χ2n) is 10.9. The number of piperidine rings is 1. The number of carboxylic acid groups (broad SMARTS) is 1. The van der Waals surface area contributed by atoms with E-state index < -0.39 is 38.1 Å². The molecule has 2 aromatic carbocycles. The number of halogens is 2. The Hall–Kier alpha value is -4.45. The molecule has 14 heteroatoms. The smallest absolute Gasteiger partial charge is 0.338 e. The van der Waals surface area contributed by atoms with Gasteiger partial charge in [-0.15, -0.1) is 0 Å². The molecule has 2 aliphatic rings. The molecule has 0 saturated carbocycles. The molecule has 2 N–H and O–H groups in total. The van der Waals surface area contributed by atoms with Crippen LogP contribution in [0.1, 0.15) is 52.6 Å². The van der Waals surface area contributed by atoms with Gasteiger partial charge in [0.2, 0.25) is 0 Å². The van der Waals surface area contributed by atoms with Crippen LogP contribution >= 0.6 is 0 Å². The fourth-order valence-electron chi connectivity index (χ4n) is 5.62. The summed E-state index contributed by atoms with van der Waals surface area (Å²) in [5.41, 5.74) is 1.25. The van der Waals surface area contributed by atoms with Crippen molar-refractivity contribution in [1.29, 1.82) is 5.26 Å². The lowest BCUT2D eigenvalue weighted by atomic mass is 9.93. The zero-order valence-electron chi connectivity index (χ0n) is 23.4. The number of nitriles is 1. The summed E-state index contributed by atoms with van der Waals surface area (Å²) in [5, 5.41) is 18.4. The predicted octanol–water partition coefficient (Wildman–Crippen LogP) is 4.25. The topological polar surface area (TPSA) is 150 Å². The van der Waals surface area contributed by atoms with Gasteiger partial charge in [0.25, 0.3) is 10.0 Å². The fourth-order valence-corrected chi connectivity index (χ4v) is 6.68. The van der Waals surface area contributed by atoms with Gasteiger partial charge in [-0.3, -0.25) is 9.62 Å². The van der Waals surface area contributed by atoms with Crippen molar-refractivity contribution in [2.45, 2.75) is 49.3 Å². The third-order valence-corrected chi connectivity index (χ3v) is 9.45. The molecule has 2 aromatic heterocycles. The van der Waals surface area contributed by atoms with Gasteiger partial charge >= 0.3 is 5.97 Å². The first-order chi connectivity index (χ1) is 21.1. The maximum Gasteiger partial charge on any atom is 0.338 e. The summed E-state index contributed by atoms with van der Waals surface area (Å²) in [4.78, 5) is 22.4. The Labute approximate surface area is 251 Å². The number of sulfonamides is 1. The Balaban J connectivity index is 1.15. The van der Waals surface area contributed by atoms with Crippen LogP contribution in [0, 0.1) is 23.0 Å². The molecule has 0 bridgehead atoms. The zero-order valence-corrected chi connectivity index (χ0v) is 24.2. The molecule has 228 valence electrons. The molecule has 4 aromatic rings. The highest BCUT2D eigenvalue weighted by Gasteiger charge is 2.27. The van der Waals surface area contributed by atoms with Crippen LogP contribution < -0.4 is 4.72 Å². The largest absolute Gasteiger partial charge is 0.478 e. The van der Waals surface area contributed by atoms with Gasteiger partial charge in [-0.05, 0) is 68.8 Å². The van der Waals surface area contributed by atoms with Crippen LogP contribution in [0.5, 0.6) is 0 Å². The molecule has 0 aliphatic carbocycles. The average Bonchev–Trinajstić information content (AvgIpc) is 3.29. The number of fused-ring (bicyclic) bond motifs is 1. The van der Waals surface area contributed by atoms with E-state index in [4.69, 9.17) is 10.00 Å². The number of ether oxygens (including phenoxy) is 1. The van der Waals surface area contributed by atoms with Crippen LogP contribution in [0.25, 0.3) is 11.0 Å². The minimum absolute atomic E-state index is 0.0127. The highest BCUT2D eigenvalue weighted by molar-refractivity contribution is 7.92. The maximum absolute atomic E-state index is 14.4. The van der Waals surface area contributed by atoms with Crippen LogP contribution in [0.4, 0.5) is 14.6 Å². The summed E-state index contributed by atoms with van der Waals surface area (Å²) in [6, 6.07) is 12.4. The number of nitrogens with zero attached hydrogens (tertiary/aromatic N) is 5. The van der Waals surface area contributed by atoms with Crippen molar-refractivity contribution in [3.05, 3.63) is 82.8 Å². The Bertz CT molecular complexity index is 1900. The van der Waals surface area contributed by atoms with Crippen molar-refractivity contribution in [2.24, 2.45) is 0 Å². The highest BCUT2D eigenvalue weighted by Crippen LogP contribution is 2.30. The average molecular weight is 623 g/mol. The lowest BCUT2D eigenvalue weighted by molar-refractivity contribution is -0.0592. The van der Waals surface area contributed by atoms with Crippen molar-refractivity contribution < 1.29 is 31.8 Å². The molecular formula is C30H28F2N6O5S. The zero-order chi connectivity index (χ0) is 31.0. The SMILES string of the molecule is N#Cc1ccc(S(=O)(=O)Nc2cccc(C3CCN(Cc4nc5cc(F)c(C(=O)O)cc5n4C[C@@H]4CCO4)CC3)n2)c(F)c1. The number of aromatic nitrogens is 3. The number of rotatable bonds is 9. The molecule has 0 spiro atoms. The molecule has 0 amide bonds. The molecule has 0 radical (unpaired) electrons. The molecule has 6 rings (SSSR count). The molecule has 0 unspecified atom stereocenters. The third-order valence-electron chi connectivity index (χ3n) is 8.06. The van der Waals surface area contributed by atoms with E-state index in [-0.39, 0.29) is 23.4 Å². The van der Waals surface area contributed by atoms with Crippen LogP contribution in [-0.4, -0.2) is 64.7 Å². The normalized spacial score (nSPS) is 17.7. The number of hydrogen-bond acceptors (Lipinski definition) is 8. The van der Waals surface area contributed by atoms with Crippen molar-refractivity contribution in [3.8, 4) is 6.07 Å². The molecule has 4 heterocycles. The first-order valence-corrected chi connectivity index (χ1v) is 15.5. The number of anilines is 1. The fraction of sp³-hybridized carbons (Fsp3) is 0.333. The van der Waals surface area contributed by atoms with Gasteiger partial charge in [0.1, 0.15) is 28.2 Å². The third kappa shape index (κ3) is 5.99. The van der Waals surface area contributed by atoms with E-state index in [0.717, 1.165) is 37.5 Å². The van der Waals surface area contributed by atoms with Gasteiger partial charge in [-0.2, -0.15) is 5.26 Å². The number of imidazole rings is 1. The summed E-state index contributed by atoms with van der Waals surface area (Å²) in [7, 11) is -4.27. The molecule has 2 aliphatic heterocycles. The van der Waals surface area contributed by atoms with Gasteiger partial charge in [-0.25, -0.2) is 32.0 Å². The standard InChI is InChI=1S/C30H28F2N6O5S/c31-22-14-25-26(13-21(22)30(39)40)38(16-20-8-11-43-20)29(35-25)17-37-9-6-19(7-10-37)24-2-1-3-28(34-24)36-44(41,42)27-5-4-18(15-33)12-23(27)32/h1-5,12-14,19-20H,6-11,16-17H2,(H,34,36)(H,39,40)/t20-/m0/s1. The van der Waals surface area contributed by atoms with Crippen molar-refractivity contribution in [3.63, 3.8) is 0 Å². The monoisotopic (exact) mass is 622 g/mol. The van der Waals surface area contributed by atoms with E-state index >= 15 is 0 Å². The van der Waals surface area contributed by atoms with Gasteiger partial charge < -0.3 is 14.4 Å². The van der Waals surface area contributed by atoms with Gasteiger partial charge in [-0.1, -0.05) is 6.07 Å². The molecule has 44 heavy (non-hydrogen) atoms. The lowest BCUT2D eigenvalue weighted by Gasteiger charge is -2.32. The molecule has 1 atom stereocenters. The second-order valence-corrected chi connectivity index (χ2v) is 12.6. The quantitative estimate of drug-likeness (QED) is 0.279. The Morgan fingerprint density at radius 3 is 2.52 bits per heavy atom. The van der Waals surface area contributed by atoms with E-state index in [0.29, 0.717) is 55.3 Å². The van der Waals surface area contributed by atoms with E-state index in [1.807, 2.05) is 10.6 Å². The number of pyridine rings is 1. The Morgan fingerprint density at radius 1 is 1.09 bits per heavy atom. The number of carbonyl (C=O) groups is 1. The first-order valence-electron chi connectivity index (χ1n) is 14.1. The predicted molar refractivity (Wildman–Crippen MR) is 154 cm³/mol. The van der Waals surface area contributed by atoms with Crippen LogP contribution in [0.3, 0.4) is 0 Å². The van der Waals surface area contributed by atoms with Crippen LogP contribution in [-0.2, 0) is 27.8 Å². The molecule has 2 fully saturated rings. The van der Waals surface area contributed by atoms with E-state index in [1.54, 1.807) is 12.1 Å². The summed E-state index contributed by atoms with van der Waals surface area (Å²) < 4.78 is 64.3. The first kappa shape index (κ1) is 29.6. The molecular weight excluding hydrogens is 594 g/mol. The van der Waals surface area contributed by atoms with Crippen molar-refractivity contribution in [1.82, 2.24) is 19.4 Å². The van der Waals surface area contributed by atoms with E-state index in [9.17, 15) is 27.1 Å². The number of nitrogens with one attached hydrogen (secondary N) is 1. The minimum atomic E-state index is -4.27. The second kappa shape index (κ2) is 11.9. The number of carboxylic acids is 1. The van der Waals surface area contributed by atoms with Gasteiger partial charge in [0.05, 0.1) is 47.4 Å².